The second-order valence-corrected chi connectivity index (χ2v) is 7.14. The first-order valence-corrected chi connectivity index (χ1v) is 8.39. The lowest BCUT2D eigenvalue weighted by molar-refractivity contribution is 0.211. The van der Waals surface area contributed by atoms with Crippen molar-refractivity contribution in [1.29, 1.82) is 0 Å². The van der Waals surface area contributed by atoms with Crippen molar-refractivity contribution in [2.75, 3.05) is 25.0 Å². The van der Waals surface area contributed by atoms with Gasteiger partial charge in [-0.1, -0.05) is 11.3 Å². The topological polar surface area (TPSA) is 45.5 Å². The van der Waals surface area contributed by atoms with Crippen LogP contribution in [0.3, 0.4) is 0 Å². The van der Waals surface area contributed by atoms with Gasteiger partial charge < -0.3 is 10.2 Å². The normalized spacial score (nSPS) is 21.6. The maximum atomic E-state index is 4.55. The molecule has 0 radical (unpaired) electrons. The number of hydrogen-bond acceptors (Lipinski definition) is 5. The molecular weight excluding hydrogens is 270 g/mol. The van der Waals surface area contributed by atoms with E-state index in [9.17, 15) is 0 Å². The minimum atomic E-state index is 0.572. The summed E-state index contributed by atoms with van der Waals surface area (Å²) >= 11 is 1.65. The van der Waals surface area contributed by atoms with Gasteiger partial charge in [-0.05, 0) is 38.5 Å². The minimum Gasteiger partial charge on any atom is -0.357 e. The molecule has 0 amide bonds. The Morgan fingerprint density at radius 3 is 2.80 bits per heavy atom. The third-order valence-corrected chi connectivity index (χ3v) is 5.15. The molecular formula is C14H21N5S. The average Bonchev–Trinajstić information content (AvgIpc) is 3.06. The van der Waals surface area contributed by atoms with Crippen molar-refractivity contribution in [2.45, 2.75) is 38.6 Å². The number of rotatable bonds is 4. The van der Waals surface area contributed by atoms with Crippen LogP contribution in [0.25, 0.3) is 4.96 Å². The molecule has 6 heteroatoms. The molecule has 4 rings (SSSR count). The molecule has 2 aromatic heterocycles. The lowest BCUT2D eigenvalue weighted by atomic mass is 10.1. The zero-order valence-corrected chi connectivity index (χ0v) is 12.7. The van der Waals surface area contributed by atoms with Crippen molar-refractivity contribution >= 4 is 21.4 Å². The molecule has 2 aliphatic rings. The molecule has 0 atom stereocenters. The Morgan fingerprint density at radius 2 is 2.10 bits per heavy atom. The van der Waals surface area contributed by atoms with Gasteiger partial charge in [-0.15, -0.1) is 5.10 Å². The molecule has 1 N–H and O–H groups in total. The molecule has 1 saturated heterocycles. The van der Waals surface area contributed by atoms with E-state index >= 15 is 0 Å². The van der Waals surface area contributed by atoms with E-state index in [2.05, 4.69) is 20.3 Å². The summed E-state index contributed by atoms with van der Waals surface area (Å²) in [7, 11) is 0. The van der Waals surface area contributed by atoms with Gasteiger partial charge in [0.25, 0.3) is 0 Å². The second kappa shape index (κ2) is 5.00. The lowest BCUT2D eigenvalue weighted by Crippen LogP contribution is -2.40. The highest BCUT2D eigenvalue weighted by molar-refractivity contribution is 7.20. The Bertz CT molecular complexity index is 560. The zero-order chi connectivity index (χ0) is 13.5. The molecule has 2 aromatic rings. The molecule has 0 bridgehead atoms. The number of imidazole rings is 1. The number of nitrogens with zero attached hydrogens (tertiary/aromatic N) is 4. The van der Waals surface area contributed by atoms with Crippen LogP contribution in [-0.4, -0.2) is 45.2 Å². The van der Waals surface area contributed by atoms with E-state index in [4.69, 9.17) is 0 Å². The van der Waals surface area contributed by atoms with Crippen LogP contribution in [0.2, 0.25) is 0 Å². The van der Waals surface area contributed by atoms with Gasteiger partial charge in [0.05, 0.1) is 11.9 Å². The summed E-state index contributed by atoms with van der Waals surface area (Å²) in [5.41, 5.74) is 1.03. The standard InChI is InChI=1S/C14H21N5S/c1-10-8-19-14(15-10)20-13(17-19)16-12-4-6-18(7-5-12)9-11-2-3-11/h8,11-12H,2-7,9H2,1H3,(H,16,17). The Labute approximate surface area is 123 Å². The van der Waals surface area contributed by atoms with Gasteiger partial charge in [-0.25, -0.2) is 9.50 Å². The molecule has 1 aliphatic carbocycles. The van der Waals surface area contributed by atoms with Gasteiger partial charge in [-0.2, -0.15) is 0 Å². The maximum absolute atomic E-state index is 4.55. The number of nitrogens with one attached hydrogen (secondary N) is 1. The first-order valence-electron chi connectivity index (χ1n) is 7.58. The predicted octanol–water partition coefficient (Wildman–Crippen LogP) is 2.39. The van der Waals surface area contributed by atoms with Crippen LogP contribution >= 0.6 is 11.3 Å². The number of anilines is 1. The van der Waals surface area contributed by atoms with Crippen molar-refractivity contribution in [2.24, 2.45) is 5.92 Å². The van der Waals surface area contributed by atoms with Gasteiger partial charge in [0, 0.05) is 25.7 Å². The fraction of sp³-hybridized carbons (Fsp3) is 0.714. The highest BCUT2D eigenvalue weighted by atomic mass is 32.1. The molecule has 2 fully saturated rings. The quantitative estimate of drug-likeness (QED) is 0.939. The molecule has 1 saturated carbocycles. The first-order chi connectivity index (χ1) is 9.76. The Balaban J connectivity index is 1.33. The van der Waals surface area contributed by atoms with Crippen LogP contribution in [-0.2, 0) is 0 Å². The van der Waals surface area contributed by atoms with E-state index in [0.717, 1.165) is 21.7 Å². The fourth-order valence-corrected chi connectivity index (χ4v) is 3.87. The third kappa shape index (κ3) is 2.67. The second-order valence-electron chi connectivity index (χ2n) is 6.18. The summed E-state index contributed by atoms with van der Waals surface area (Å²) < 4.78 is 1.88. The Morgan fingerprint density at radius 1 is 1.30 bits per heavy atom. The fourth-order valence-electron chi connectivity index (χ4n) is 2.97. The summed E-state index contributed by atoms with van der Waals surface area (Å²) in [6.07, 6.45) is 7.35. The van der Waals surface area contributed by atoms with Crippen molar-refractivity contribution in [3.8, 4) is 0 Å². The van der Waals surface area contributed by atoms with Gasteiger partial charge in [0.2, 0.25) is 10.1 Å². The Hall–Kier alpha value is -1.14. The molecule has 0 unspecified atom stereocenters. The van der Waals surface area contributed by atoms with E-state index in [1.807, 2.05) is 17.6 Å². The number of likely N-dealkylation sites (tertiary alicyclic amines) is 1. The molecule has 0 spiro atoms. The summed E-state index contributed by atoms with van der Waals surface area (Å²) in [5.74, 6) is 1.01. The monoisotopic (exact) mass is 291 g/mol. The maximum Gasteiger partial charge on any atom is 0.214 e. The summed E-state index contributed by atoms with van der Waals surface area (Å²) in [4.78, 5) is 8.06. The van der Waals surface area contributed by atoms with Gasteiger partial charge in [0.1, 0.15) is 0 Å². The van der Waals surface area contributed by atoms with Crippen LogP contribution in [0.15, 0.2) is 6.20 Å². The van der Waals surface area contributed by atoms with E-state index in [-0.39, 0.29) is 0 Å². The van der Waals surface area contributed by atoms with Crippen LogP contribution in [0, 0.1) is 12.8 Å². The molecule has 5 nitrogen and oxygen atoms in total. The van der Waals surface area contributed by atoms with Crippen LogP contribution < -0.4 is 5.32 Å². The van der Waals surface area contributed by atoms with E-state index < -0.39 is 0 Å². The lowest BCUT2D eigenvalue weighted by Gasteiger charge is -2.32. The highest BCUT2D eigenvalue weighted by Gasteiger charge is 2.27. The summed E-state index contributed by atoms with van der Waals surface area (Å²) in [6.45, 7) is 5.80. The van der Waals surface area contributed by atoms with E-state index in [1.54, 1.807) is 11.3 Å². The van der Waals surface area contributed by atoms with Crippen molar-refractivity contribution in [3.63, 3.8) is 0 Å². The SMILES string of the molecule is Cc1cn2nc(NC3CCN(CC4CC4)CC3)sc2n1. The third-order valence-electron chi connectivity index (χ3n) is 4.29. The van der Waals surface area contributed by atoms with Crippen molar-refractivity contribution < 1.29 is 0 Å². The summed E-state index contributed by atoms with van der Waals surface area (Å²) in [5, 5.41) is 9.15. The molecule has 0 aromatic carbocycles. The van der Waals surface area contributed by atoms with E-state index in [0.29, 0.717) is 6.04 Å². The van der Waals surface area contributed by atoms with Gasteiger partial charge in [0.15, 0.2) is 0 Å². The largest absolute Gasteiger partial charge is 0.357 e. The number of aromatic nitrogens is 3. The van der Waals surface area contributed by atoms with Crippen LogP contribution in [0.5, 0.6) is 0 Å². The zero-order valence-electron chi connectivity index (χ0n) is 11.9. The average molecular weight is 291 g/mol. The summed E-state index contributed by atoms with van der Waals surface area (Å²) in [6, 6.07) is 0.572. The van der Waals surface area contributed by atoms with Gasteiger partial charge in [-0.3, -0.25) is 0 Å². The Kier molecular flexibility index (Phi) is 3.15. The molecule has 1 aliphatic heterocycles. The van der Waals surface area contributed by atoms with Crippen molar-refractivity contribution in [3.05, 3.63) is 11.9 Å². The number of fused-ring (bicyclic) bond motifs is 1. The molecule has 108 valence electrons. The predicted molar refractivity (Wildman–Crippen MR) is 81.4 cm³/mol. The minimum absolute atomic E-state index is 0.572. The smallest absolute Gasteiger partial charge is 0.214 e. The van der Waals surface area contributed by atoms with Crippen molar-refractivity contribution in [1.82, 2.24) is 19.5 Å². The first kappa shape index (κ1) is 12.6. The van der Waals surface area contributed by atoms with Crippen LogP contribution in [0.4, 0.5) is 5.13 Å². The highest BCUT2D eigenvalue weighted by Crippen LogP contribution is 2.31. The number of piperidine rings is 1. The number of hydrogen-bond donors (Lipinski definition) is 1. The van der Waals surface area contributed by atoms with Crippen LogP contribution in [0.1, 0.15) is 31.4 Å². The van der Waals surface area contributed by atoms with E-state index in [1.165, 1.54) is 45.3 Å². The molecule has 20 heavy (non-hydrogen) atoms. The number of aryl methyl sites for hydroxylation is 1. The van der Waals surface area contributed by atoms with Gasteiger partial charge >= 0.3 is 0 Å². The molecule has 3 heterocycles.